The van der Waals surface area contributed by atoms with Gasteiger partial charge in [0, 0.05) is 38.9 Å². The van der Waals surface area contributed by atoms with Crippen molar-refractivity contribution in [3.63, 3.8) is 0 Å². The van der Waals surface area contributed by atoms with Gasteiger partial charge in [0.1, 0.15) is 5.52 Å². The smallest absolute Gasteiger partial charge is 0.227 e. The van der Waals surface area contributed by atoms with E-state index < -0.39 is 0 Å². The molecule has 0 N–H and O–H groups in total. The fraction of sp³-hybridized carbons (Fsp3) is 0. The lowest BCUT2D eigenvalue weighted by Gasteiger charge is -2.14. The summed E-state index contributed by atoms with van der Waals surface area (Å²) in [6, 6.07) is 77.8. The van der Waals surface area contributed by atoms with Gasteiger partial charge in [-0.25, -0.2) is 24.9 Å². The maximum Gasteiger partial charge on any atom is 0.227 e. The van der Waals surface area contributed by atoms with E-state index in [-0.39, 0.29) is 0 Å². The fourth-order valence-corrected chi connectivity index (χ4v) is 9.14. The number of para-hydroxylation sites is 2. The van der Waals surface area contributed by atoms with Gasteiger partial charge in [0.05, 0.1) is 22.8 Å². The van der Waals surface area contributed by atoms with Crippen molar-refractivity contribution in [1.82, 2.24) is 24.9 Å². The van der Waals surface area contributed by atoms with Gasteiger partial charge in [0.2, 0.25) is 5.89 Å². The summed E-state index contributed by atoms with van der Waals surface area (Å²) in [4.78, 5) is 26.4. The maximum atomic E-state index is 6.48. The number of rotatable bonds is 7. The van der Waals surface area contributed by atoms with Gasteiger partial charge in [-0.05, 0) is 110 Å². The first-order valence-electron chi connectivity index (χ1n) is 22.4. The first-order valence-corrected chi connectivity index (χ1v) is 22.4. The highest BCUT2D eigenvalue weighted by Gasteiger charge is 2.19. The van der Waals surface area contributed by atoms with Crippen LogP contribution in [0.15, 0.2) is 229 Å². The Morgan fingerprint density at radius 1 is 0.239 bits per heavy atom. The van der Waals surface area contributed by atoms with Crippen LogP contribution in [0, 0.1) is 0 Å². The lowest BCUT2D eigenvalue weighted by Crippen LogP contribution is -1.99. The molecule has 0 aliphatic carbocycles. The monoisotopic (exact) mass is 855 g/mol. The number of hydrogen-bond acceptors (Lipinski definition) is 6. The first-order chi connectivity index (χ1) is 33.1. The second-order valence-corrected chi connectivity index (χ2v) is 17.0. The quantitative estimate of drug-likeness (QED) is 0.159. The molecule has 0 saturated heterocycles. The van der Waals surface area contributed by atoms with Crippen molar-refractivity contribution in [2.24, 2.45) is 0 Å². The third kappa shape index (κ3) is 7.23. The lowest BCUT2D eigenvalue weighted by atomic mass is 10.00. The summed E-state index contributed by atoms with van der Waals surface area (Å²) in [7, 11) is 0. The van der Waals surface area contributed by atoms with Crippen LogP contribution >= 0.6 is 0 Å². The summed E-state index contributed by atoms with van der Waals surface area (Å²) >= 11 is 0. The highest BCUT2D eigenvalue weighted by molar-refractivity contribution is 5.92. The second kappa shape index (κ2) is 15.8. The predicted molar refractivity (Wildman–Crippen MR) is 273 cm³/mol. The Balaban J connectivity index is 1.05. The molecular formula is C61H37N5O. The largest absolute Gasteiger partial charge is 0.436 e. The summed E-state index contributed by atoms with van der Waals surface area (Å²) in [5, 5.41) is 9.22. The minimum absolute atomic E-state index is 0.477. The van der Waals surface area contributed by atoms with Crippen LogP contribution in [0.5, 0.6) is 0 Å². The Hall–Kier alpha value is -9.13. The Kier molecular flexibility index (Phi) is 9.06. The van der Waals surface area contributed by atoms with E-state index in [4.69, 9.17) is 29.3 Å². The molecule has 3 aromatic heterocycles. The zero-order valence-corrected chi connectivity index (χ0v) is 36.0. The van der Waals surface area contributed by atoms with E-state index in [0.29, 0.717) is 23.1 Å². The van der Waals surface area contributed by atoms with Crippen LogP contribution in [0.1, 0.15) is 0 Å². The molecule has 0 spiro atoms. The van der Waals surface area contributed by atoms with Gasteiger partial charge in [-0.3, -0.25) is 0 Å². The number of aromatic nitrogens is 5. The van der Waals surface area contributed by atoms with Gasteiger partial charge >= 0.3 is 0 Å². The molecule has 0 aliphatic heterocycles. The van der Waals surface area contributed by atoms with Crippen LogP contribution in [0.3, 0.4) is 0 Å². The molecule has 0 radical (unpaired) electrons. The molecule has 0 aliphatic rings. The summed E-state index contributed by atoms with van der Waals surface area (Å²) in [6.45, 7) is 0. The van der Waals surface area contributed by atoms with Gasteiger partial charge in [-0.2, -0.15) is 0 Å². The third-order valence-corrected chi connectivity index (χ3v) is 12.6. The molecule has 0 fully saturated rings. The molecule has 6 nitrogen and oxygen atoms in total. The molecule has 0 atom stereocenters. The van der Waals surface area contributed by atoms with E-state index in [2.05, 4.69) is 200 Å². The van der Waals surface area contributed by atoms with E-state index in [9.17, 15) is 0 Å². The average molecular weight is 856 g/mol. The zero-order chi connectivity index (χ0) is 44.3. The molecule has 67 heavy (non-hydrogen) atoms. The highest BCUT2D eigenvalue weighted by Crippen LogP contribution is 2.37. The van der Waals surface area contributed by atoms with Crippen molar-refractivity contribution in [2.75, 3.05) is 0 Å². The van der Waals surface area contributed by atoms with Crippen LogP contribution in [-0.4, -0.2) is 24.9 Å². The molecule has 0 saturated carbocycles. The molecule has 6 heteroatoms. The number of nitrogens with zero attached hydrogens (tertiary/aromatic N) is 5. The molecule has 13 aromatic rings. The van der Waals surface area contributed by atoms with Crippen LogP contribution in [-0.2, 0) is 0 Å². The van der Waals surface area contributed by atoms with Crippen LogP contribution in [0.2, 0.25) is 0 Å². The summed E-state index contributed by atoms with van der Waals surface area (Å²) in [5.74, 6) is 1.58. The van der Waals surface area contributed by atoms with Gasteiger partial charge in [0.15, 0.2) is 17.2 Å². The van der Waals surface area contributed by atoms with Crippen molar-refractivity contribution in [1.29, 1.82) is 0 Å². The standard InChI is InChI=1S/C61H37N5O/c1-5-15-42-29-46(25-21-38(42)11-1)54-36-55(47-26-22-39-12-2-6-16-43(39)30-47)63-59(62-54)50-33-51(35-52(34-50)61-66-53-19-9-10-20-58(53)67-61)60-64-56(48-27-23-40-13-3-7-17-44(40)31-48)37-57(65-60)49-28-24-41-14-4-8-18-45(41)32-49/h1-37H. The van der Waals surface area contributed by atoms with Crippen LogP contribution in [0.4, 0.5) is 0 Å². The topological polar surface area (TPSA) is 77.6 Å². The van der Waals surface area contributed by atoms with Gasteiger partial charge in [0.25, 0.3) is 0 Å². The van der Waals surface area contributed by atoms with E-state index in [0.717, 1.165) is 88.8 Å². The van der Waals surface area contributed by atoms with E-state index >= 15 is 0 Å². The summed E-state index contributed by atoms with van der Waals surface area (Å²) < 4.78 is 6.48. The normalized spacial score (nSPS) is 11.6. The Bertz CT molecular complexity index is 3630. The summed E-state index contributed by atoms with van der Waals surface area (Å²) in [5.41, 5.74) is 11.0. The van der Waals surface area contributed by atoms with Crippen molar-refractivity contribution in [3.8, 4) is 79.3 Å². The molecule has 13 rings (SSSR count). The SMILES string of the molecule is c1ccc2cc(-c3cc(-c4ccc5ccccc5c4)nc(-c4cc(-c5nc(-c6ccc7ccccc7c6)cc(-c6ccc7ccccc7c6)n5)cc(-c5nc6ccccc6o5)c4)n3)ccc2c1. The highest BCUT2D eigenvalue weighted by atomic mass is 16.3. The molecule has 0 unspecified atom stereocenters. The first kappa shape index (κ1) is 38.3. The maximum absolute atomic E-state index is 6.48. The van der Waals surface area contributed by atoms with E-state index in [1.54, 1.807) is 0 Å². The zero-order valence-electron chi connectivity index (χ0n) is 36.0. The Morgan fingerprint density at radius 2 is 0.567 bits per heavy atom. The predicted octanol–water partition coefficient (Wildman–Crippen LogP) is 15.7. The van der Waals surface area contributed by atoms with Crippen molar-refractivity contribution >= 4 is 54.2 Å². The second-order valence-electron chi connectivity index (χ2n) is 17.0. The van der Waals surface area contributed by atoms with Crippen molar-refractivity contribution in [2.45, 2.75) is 0 Å². The summed E-state index contributed by atoms with van der Waals surface area (Å²) in [6.07, 6.45) is 0. The van der Waals surface area contributed by atoms with Crippen LogP contribution < -0.4 is 0 Å². The molecule has 3 heterocycles. The van der Waals surface area contributed by atoms with Crippen molar-refractivity contribution in [3.05, 3.63) is 224 Å². The lowest BCUT2D eigenvalue weighted by molar-refractivity contribution is 0.620. The fourth-order valence-electron chi connectivity index (χ4n) is 9.14. The molecular weight excluding hydrogens is 819 g/mol. The van der Waals surface area contributed by atoms with Gasteiger partial charge < -0.3 is 4.42 Å². The molecule has 10 aromatic carbocycles. The van der Waals surface area contributed by atoms with Crippen LogP contribution in [0.25, 0.3) is 133 Å². The minimum atomic E-state index is 0.477. The average Bonchev–Trinajstić information content (AvgIpc) is 3.85. The van der Waals surface area contributed by atoms with Gasteiger partial charge in [-0.1, -0.05) is 158 Å². The molecule has 0 amide bonds. The number of fused-ring (bicyclic) bond motifs is 5. The number of hydrogen-bond donors (Lipinski definition) is 0. The van der Waals surface area contributed by atoms with Gasteiger partial charge in [-0.15, -0.1) is 0 Å². The van der Waals surface area contributed by atoms with E-state index in [1.165, 1.54) is 21.5 Å². The van der Waals surface area contributed by atoms with E-state index in [1.807, 2.05) is 24.3 Å². The number of benzene rings is 10. The molecule has 312 valence electrons. The van der Waals surface area contributed by atoms with Crippen molar-refractivity contribution < 1.29 is 4.42 Å². The third-order valence-electron chi connectivity index (χ3n) is 12.6. The molecule has 0 bridgehead atoms. The Labute approximate surface area is 385 Å². The Morgan fingerprint density at radius 3 is 0.940 bits per heavy atom. The number of oxazole rings is 1. The minimum Gasteiger partial charge on any atom is -0.436 e.